The molecule has 0 heterocycles. The molecule has 0 saturated carbocycles. The molecule has 3 nitrogen and oxygen atoms in total. The molecule has 0 atom stereocenters. The average molecular weight is 507 g/mol. The molecule has 0 aromatic carbocycles. The molecule has 0 bridgehead atoms. The predicted molar refractivity (Wildman–Crippen MR) is 76.3 cm³/mol. The van der Waals surface area contributed by atoms with E-state index in [2.05, 4.69) is 27.3 Å². The van der Waals surface area contributed by atoms with Crippen molar-refractivity contribution in [2.45, 2.75) is 13.8 Å². The minimum absolute atomic E-state index is 1.27. The molecule has 0 fully saturated rings. The minimum atomic E-state index is 1.27. The van der Waals surface area contributed by atoms with Crippen molar-refractivity contribution in [2.75, 3.05) is 23.0 Å². The van der Waals surface area contributed by atoms with Crippen LogP contribution in [-0.2, 0) is 31.6 Å². The van der Waals surface area contributed by atoms with Gasteiger partial charge in [0.1, 0.15) is 20.4 Å². The van der Waals surface area contributed by atoms with Crippen LogP contribution in [0.5, 0.6) is 0 Å². The maximum atomic E-state index is 8.00. The SMILES string of the molecule is C=O.C=O.C=O.CCSCCSCC.[Br][Re]. The van der Waals surface area contributed by atoms with E-state index in [4.69, 9.17) is 14.4 Å². The van der Waals surface area contributed by atoms with E-state index in [1.54, 1.807) is 0 Å². The Bertz CT molecular complexity index is 75.0. The number of thioether (sulfide) groups is 2. The van der Waals surface area contributed by atoms with Crippen molar-refractivity contribution in [1.82, 2.24) is 0 Å². The molecule has 16 heavy (non-hydrogen) atoms. The zero-order valence-electron chi connectivity index (χ0n) is 9.75. The Morgan fingerprint density at radius 2 is 1.00 bits per heavy atom. The van der Waals surface area contributed by atoms with E-state index < -0.39 is 0 Å². The first-order valence-electron chi connectivity index (χ1n) is 4.08. The first kappa shape index (κ1) is 30.1. The van der Waals surface area contributed by atoms with Gasteiger partial charge in [-0.1, -0.05) is 13.8 Å². The molecule has 7 heteroatoms. The molecule has 0 amide bonds. The molecule has 0 N–H and O–H groups in total. The van der Waals surface area contributed by atoms with E-state index in [0.717, 1.165) is 0 Å². The van der Waals surface area contributed by atoms with Crippen molar-refractivity contribution < 1.29 is 31.6 Å². The third kappa shape index (κ3) is 83.2. The van der Waals surface area contributed by atoms with Gasteiger partial charge in [-0.05, 0) is 11.5 Å². The zero-order valence-corrected chi connectivity index (χ0v) is 15.7. The van der Waals surface area contributed by atoms with Gasteiger partial charge >= 0.3 is 30.6 Å². The summed E-state index contributed by atoms with van der Waals surface area (Å²) in [6, 6.07) is 0. The number of hydrogen-bond acceptors (Lipinski definition) is 5. The average Bonchev–Trinajstić information content (AvgIpc) is 2.44. The van der Waals surface area contributed by atoms with E-state index in [0.29, 0.717) is 0 Å². The van der Waals surface area contributed by atoms with Crippen LogP contribution in [0.1, 0.15) is 13.8 Å². The Morgan fingerprint density at radius 3 is 1.12 bits per heavy atom. The van der Waals surface area contributed by atoms with Crippen molar-refractivity contribution in [3.63, 3.8) is 0 Å². The number of rotatable bonds is 5. The summed E-state index contributed by atoms with van der Waals surface area (Å²) >= 11 is 8.58. The fraction of sp³-hybridized carbons (Fsp3) is 0.667. The van der Waals surface area contributed by atoms with Crippen LogP contribution in [0.15, 0.2) is 0 Å². The van der Waals surface area contributed by atoms with Crippen molar-refractivity contribution in [3.8, 4) is 0 Å². The van der Waals surface area contributed by atoms with Gasteiger partial charge in [0, 0.05) is 11.5 Å². The molecular formula is C9H20BrO3ReS2. The van der Waals surface area contributed by atoms with Crippen LogP contribution >= 0.6 is 37.0 Å². The van der Waals surface area contributed by atoms with Gasteiger partial charge in [-0.25, -0.2) is 0 Å². The molecule has 0 aromatic rings. The molecular weight excluding hydrogens is 486 g/mol. The van der Waals surface area contributed by atoms with E-state index >= 15 is 0 Å². The summed E-state index contributed by atoms with van der Waals surface area (Å²) in [5.41, 5.74) is 0. The number of carbonyl (C=O) groups is 3. The first-order valence-corrected chi connectivity index (χ1v) is 12.3. The maximum absolute atomic E-state index is 8.00. The molecule has 0 rings (SSSR count). The van der Waals surface area contributed by atoms with Crippen molar-refractivity contribution in [1.29, 1.82) is 0 Å². The van der Waals surface area contributed by atoms with Gasteiger partial charge in [0.2, 0.25) is 0 Å². The van der Waals surface area contributed by atoms with E-state index in [9.17, 15) is 0 Å². The Morgan fingerprint density at radius 1 is 0.812 bits per heavy atom. The van der Waals surface area contributed by atoms with E-state index in [-0.39, 0.29) is 0 Å². The first-order chi connectivity index (χ1) is 7.91. The summed E-state index contributed by atoms with van der Waals surface area (Å²) < 4.78 is 0. The second-order valence-electron chi connectivity index (χ2n) is 1.39. The number of halogens is 1. The van der Waals surface area contributed by atoms with Crippen LogP contribution in [-0.4, -0.2) is 43.4 Å². The number of carbonyl (C=O) groups excluding carboxylic acids is 3. The van der Waals surface area contributed by atoms with Gasteiger partial charge in [-0.3, -0.25) is 0 Å². The van der Waals surface area contributed by atoms with Crippen LogP contribution in [0.25, 0.3) is 0 Å². The molecule has 0 aromatic heterocycles. The molecule has 0 aliphatic carbocycles. The van der Waals surface area contributed by atoms with Gasteiger partial charge in [0.25, 0.3) is 0 Å². The van der Waals surface area contributed by atoms with Crippen LogP contribution in [0.2, 0.25) is 0 Å². The zero-order chi connectivity index (χ0) is 14.2. The molecule has 0 aliphatic rings. The standard InChI is InChI=1S/C6H14S2.3CH2O.BrH.Re/c1-3-7-5-6-8-4-2;3*1-2;;/h3-6H2,1-2H3;3*1H2;1H;/q;;;;;+1/p-1. The monoisotopic (exact) mass is 506 g/mol. The van der Waals surface area contributed by atoms with Crippen LogP contribution in [0.3, 0.4) is 0 Å². The van der Waals surface area contributed by atoms with Crippen molar-refractivity contribution in [2.24, 2.45) is 0 Å². The Balaban J connectivity index is -0.0000000426. The summed E-state index contributed by atoms with van der Waals surface area (Å²) in [4.78, 5) is 24.0. The molecule has 0 aliphatic heterocycles. The summed E-state index contributed by atoms with van der Waals surface area (Å²) in [6.07, 6.45) is 0. The number of hydrogen-bond donors (Lipinski definition) is 0. The summed E-state index contributed by atoms with van der Waals surface area (Å²) in [5.74, 6) is 5.19. The van der Waals surface area contributed by atoms with Crippen LogP contribution < -0.4 is 0 Å². The Kier molecular flexibility index (Phi) is 140. The molecule has 0 spiro atoms. The quantitative estimate of drug-likeness (QED) is 0.537. The second-order valence-corrected chi connectivity index (χ2v) is 4.18. The Hall–Kier alpha value is 0.852. The van der Waals surface area contributed by atoms with Crippen LogP contribution in [0.4, 0.5) is 0 Å². The van der Waals surface area contributed by atoms with Crippen molar-refractivity contribution in [3.05, 3.63) is 0 Å². The fourth-order valence-corrected chi connectivity index (χ4v) is 1.93. The normalized spacial score (nSPS) is 6.00. The molecule has 100 valence electrons. The van der Waals surface area contributed by atoms with Gasteiger partial charge < -0.3 is 14.4 Å². The molecule has 0 unspecified atom stereocenters. The summed E-state index contributed by atoms with van der Waals surface area (Å²) in [5, 5.41) is 0. The third-order valence-electron chi connectivity index (χ3n) is 0.780. The van der Waals surface area contributed by atoms with Gasteiger partial charge in [-0.15, -0.1) is 0 Å². The van der Waals surface area contributed by atoms with Gasteiger partial charge in [-0.2, -0.15) is 23.5 Å². The van der Waals surface area contributed by atoms with Gasteiger partial charge in [0.05, 0.1) is 0 Å². The van der Waals surface area contributed by atoms with E-state index in [1.807, 2.05) is 43.9 Å². The van der Waals surface area contributed by atoms with Crippen molar-refractivity contribution >= 4 is 57.3 Å². The second kappa shape index (κ2) is 74.5. The third-order valence-corrected chi connectivity index (χ3v) is 2.84. The van der Waals surface area contributed by atoms with E-state index in [1.165, 1.54) is 40.2 Å². The fourth-order valence-electron chi connectivity index (χ4n) is 0.407. The molecule has 0 saturated heterocycles. The van der Waals surface area contributed by atoms with Gasteiger partial charge in [0.15, 0.2) is 0 Å². The topological polar surface area (TPSA) is 51.2 Å². The summed E-state index contributed by atoms with van der Waals surface area (Å²) in [6.45, 7) is 10.4. The van der Waals surface area contributed by atoms with Crippen LogP contribution in [0, 0.1) is 0 Å². The molecule has 0 radical (unpaired) electrons. The predicted octanol–water partition coefficient (Wildman–Crippen LogP) is 2.78. The summed E-state index contributed by atoms with van der Waals surface area (Å²) in [7, 11) is 0. The Labute approximate surface area is 125 Å².